The number of ketones is 1. The molecule has 0 aliphatic carbocycles. The molecule has 0 saturated carbocycles. The van der Waals surface area contributed by atoms with E-state index in [2.05, 4.69) is 9.97 Å². The quantitative estimate of drug-likeness (QED) is 0.616. The second-order valence-electron chi connectivity index (χ2n) is 3.56. The molecule has 0 unspecified atom stereocenters. The Balaban J connectivity index is 2.30. The van der Waals surface area contributed by atoms with Crippen LogP contribution in [-0.4, -0.2) is 22.9 Å². The highest BCUT2D eigenvalue weighted by Crippen LogP contribution is 2.25. The predicted molar refractivity (Wildman–Crippen MR) is 64.0 cm³/mol. The molecular weight excluding hydrogens is 218 g/mol. The SMILES string of the molecule is COc1cccc(N)c1C(=O)Cc1ncc[nH]1. The number of carbonyl (C=O) groups is 1. The molecule has 2 rings (SSSR count). The number of H-pyrrole nitrogens is 1. The Kier molecular flexibility index (Phi) is 3.09. The average Bonchev–Trinajstić information content (AvgIpc) is 2.81. The van der Waals surface area contributed by atoms with E-state index in [1.807, 2.05) is 0 Å². The van der Waals surface area contributed by atoms with Gasteiger partial charge in [0.15, 0.2) is 5.78 Å². The highest BCUT2D eigenvalue weighted by molar-refractivity contribution is 6.04. The monoisotopic (exact) mass is 231 g/mol. The molecule has 0 aliphatic rings. The molecule has 0 atom stereocenters. The average molecular weight is 231 g/mol. The third-order valence-electron chi connectivity index (χ3n) is 2.44. The Hall–Kier alpha value is -2.30. The highest BCUT2D eigenvalue weighted by Gasteiger charge is 2.16. The van der Waals surface area contributed by atoms with Gasteiger partial charge in [-0.3, -0.25) is 4.79 Å². The Labute approximate surface area is 98.6 Å². The number of nitrogen functional groups attached to an aromatic ring is 1. The topological polar surface area (TPSA) is 81.0 Å². The van der Waals surface area contributed by atoms with E-state index in [-0.39, 0.29) is 12.2 Å². The predicted octanol–water partition coefficient (Wildman–Crippen LogP) is 1.43. The molecule has 1 heterocycles. The smallest absolute Gasteiger partial charge is 0.176 e. The number of hydrogen-bond acceptors (Lipinski definition) is 4. The first-order valence-electron chi connectivity index (χ1n) is 5.16. The zero-order valence-corrected chi connectivity index (χ0v) is 9.43. The summed E-state index contributed by atoms with van der Waals surface area (Å²) in [5, 5.41) is 0. The van der Waals surface area contributed by atoms with Crippen molar-refractivity contribution in [3.05, 3.63) is 42.0 Å². The molecule has 0 spiro atoms. The van der Waals surface area contributed by atoms with Crippen LogP contribution in [0.2, 0.25) is 0 Å². The van der Waals surface area contributed by atoms with Crippen molar-refractivity contribution in [2.24, 2.45) is 0 Å². The second-order valence-corrected chi connectivity index (χ2v) is 3.56. The summed E-state index contributed by atoms with van der Waals surface area (Å²) in [6.45, 7) is 0. The van der Waals surface area contributed by atoms with E-state index in [9.17, 15) is 4.79 Å². The molecule has 5 nitrogen and oxygen atoms in total. The summed E-state index contributed by atoms with van der Waals surface area (Å²) >= 11 is 0. The van der Waals surface area contributed by atoms with Gasteiger partial charge < -0.3 is 15.5 Å². The molecule has 0 aliphatic heterocycles. The number of benzene rings is 1. The highest BCUT2D eigenvalue weighted by atomic mass is 16.5. The molecule has 2 aromatic rings. The summed E-state index contributed by atoms with van der Waals surface area (Å²) in [5.41, 5.74) is 6.62. The molecule has 1 aromatic heterocycles. The number of rotatable bonds is 4. The van der Waals surface area contributed by atoms with Crippen molar-refractivity contribution >= 4 is 11.5 Å². The van der Waals surface area contributed by atoms with Crippen LogP contribution in [0, 0.1) is 0 Å². The number of carbonyl (C=O) groups excluding carboxylic acids is 1. The van der Waals surface area contributed by atoms with Crippen LogP contribution < -0.4 is 10.5 Å². The van der Waals surface area contributed by atoms with Gasteiger partial charge in [0.05, 0.1) is 19.1 Å². The fourth-order valence-corrected chi connectivity index (χ4v) is 1.65. The third kappa shape index (κ3) is 2.28. The number of Topliss-reactive ketones (excluding diaryl/α,β-unsaturated/α-hetero) is 1. The molecule has 0 saturated heterocycles. The van der Waals surface area contributed by atoms with E-state index in [0.29, 0.717) is 22.8 Å². The number of nitrogens with two attached hydrogens (primary N) is 1. The molecular formula is C12H13N3O2. The van der Waals surface area contributed by atoms with Crippen molar-refractivity contribution in [2.45, 2.75) is 6.42 Å². The maximum Gasteiger partial charge on any atom is 0.176 e. The summed E-state index contributed by atoms with van der Waals surface area (Å²) in [6, 6.07) is 5.14. The third-order valence-corrected chi connectivity index (χ3v) is 2.44. The van der Waals surface area contributed by atoms with Crippen molar-refractivity contribution in [1.82, 2.24) is 9.97 Å². The largest absolute Gasteiger partial charge is 0.496 e. The summed E-state index contributed by atoms with van der Waals surface area (Å²) < 4.78 is 5.14. The minimum absolute atomic E-state index is 0.116. The van der Waals surface area contributed by atoms with Crippen LogP contribution in [0.25, 0.3) is 0 Å². The van der Waals surface area contributed by atoms with Crippen molar-refractivity contribution in [2.75, 3.05) is 12.8 Å². The summed E-state index contributed by atoms with van der Waals surface area (Å²) in [6.07, 6.45) is 3.46. The summed E-state index contributed by atoms with van der Waals surface area (Å²) in [5.74, 6) is 0.983. The van der Waals surface area contributed by atoms with Gasteiger partial charge >= 0.3 is 0 Å². The van der Waals surface area contributed by atoms with Gasteiger partial charge in [0.2, 0.25) is 0 Å². The molecule has 0 amide bonds. The van der Waals surface area contributed by atoms with E-state index in [1.165, 1.54) is 7.11 Å². The zero-order valence-electron chi connectivity index (χ0n) is 9.43. The molecule has 0 fully saturated rings. The van der Waals surface area contributed by atoms with Crippen molar-refractivity contribution < 1.29 is 9.53 Å². The van der Waals surface area contributed by atoms with Crippen LogP contribution in [0.3, 0.4) is 0 Å². The van der Waals surface area contributed by atoms with E-state index in [0.717, 1.165) is 0 Å². The van der Waals surface area contributed by atoms with Gasteiger partial charge in [-0.1, -0.05) is 6.07 Å². The van der Waals surface area contributed by atoms with Gasteiger partial charge in [-0.25, -0.2) is 4.98 Å². The standard InChI is InChI=1S/C12H13N3O2/c1-17-10-4-2-3-8(13)12(10)9(16)7-11-14-5-6-15-11/h2-6H,7,13H2,1H3,(H,14,15). The molecule has 1 aromatic carbocycles. The lowest BCUT2D eigenvalue weighted by Gasteiger charge is -2.09. The van der Waals surface area contributed by atoms with Gasteiger partial charge in [0.1, 0.15) is 11.6 Å². The fourth-order valence-electron chi connectivity index (χ4n) is 1.65. The number of aromatic nitrogens is 2. The van der Waals surface area contributed by atoms with E-state index < -0.39 is 0 Å². The van der Waals surface area contributed by atoms with Gasteiger partial charge in [0, 0.05) is 18.1 Å². The summed E-state index contributed by atoms with van der Waals surface area (Å²) in [7, 11) is 1.51. The van der Waals surface area contributed by atoms with Gasteiger partial charge in [-0.05, 0) is 12.1 Å². The number of hydrogen-bond donors (Lipinski definition) is 2. The molecule has 88 valence electrons. The fraction of sp³-hybridized carbons (Fsp3) is 0.167. The zero-order chi connectivity index (χ0) is 12.3. The Morgan fingerprint density at radius 1 is 1.53 bits per heavy atom. The van der Waals surface area contributed by atoms with Crippen LogP contribution in [0.1, 0.15) is 16.2 Å². The second kappa shape index (κ2) is 4.69. The van der Waals surface area contributed by atoms with Gasteiger partial charge in [-0.15, -0.1) is 0 Å². The number of nitrogens with one attached hydrogen (secondary N) is 1. The van der Waals surface area contributed by atoms with Crippen molar-refractivity contribution in [3.8, 4) is 5.75 Å². The first-order valence-corrected chi connectivity index (χ1v) is 5.16. The molecule has 0 radical (unpaired) electrons. The lowest BCUT2D eigenvalue weighted by atomic mass is 10.0. The van der Waals surface area contributed by atoms with Crippen LogP contribution in [-0.2, 0) is 6.42 Å². The van der Waals surface area contributed by atoms with Crippen LogP contribution in [0.4, 0.5) is 5.69 Å². The van der Waals surface area contributed by atoms with Crippen LogP contribution in [0.15, 0.2) is 30.6 Å². The van der Waals surface area contributed by atoms with Crippen molar-refractivity contribution in [3.63, 3.8) is 0 Å². The number of methoxy groups -OCH3 is 1. The maximum atomic E-state index is 12.1. The van der Waals surface area contributed by atoms with Crippen LogP contribution in [0.5, 0.6) is 5.75 Å². The van der Waals surface area contributed by atoms with Crippen molar-refractivity contribution in [1.29, 1.82) is 0 Å². The first kappa shape index (κ1) is 11.2. The lowest BCUT2D eigenvalue weighted by molar-refractivity contribution is 0.0989. The Bertz CT molecular complexity index is 521. The maximum absolute atomic E-state index is 12.1. The van der Waals surface area contributed by atoms with E-state index >= 15 is 0 Å². The number of aromatic amines is 1. The van der Waals surface area contributed by atoms with Gasteiger partial charge in [0.25, 0.3) is 0 Å². The Morgan fingerprint density at radius 3 is 3.00 bits per heavy atom. The number of anilines is 1. The molecule has 3 N–H and O–H groups in total. The van der Waals surface area contributed by atoms with Crippen LogP contribution >= 0.6 is 0 Å². The minimum Gasteiger partial charge on any atom is -0.496 e. The van der Waals surface area contributed by atoms with E-state index in [4.69, 9.17) is 10.5 Å². The Morgan fingerprint density at radius 2 is 2.35 bits per heavy atom. The molecule has 0 bridgehead atoms. The number of nitrogens with zero attached hydrogens (tertiary/aromatic N) is 1. The first-order chi connectivity index (χ1) is 8.22. The number of ether oxygens (including phenoxy) is 1. The summed E-state index contributed by atoms with van der Waals surface area (Å²) in [4.78, 5) is 19.0. The molecule has 5 heteroatoms. The minimum atomic E-state index is -0.116. The number of imidazole rings is 1. The van der Waals surface area contributed by atoms with Gasteiger partial charge in [-0.2, -0.15) is 0 Å². The lowest BCUT2D eigenvalue weighted by Crippen LogP contribution is -2.10. The van der Waals surface area contributed by atoms with E-state index in [1.54, 1.807) is 30.6 Å². The molecule has 17 heavy (non-hydrogen) atoms. The normalized spacial score (nSPS) is 10.2.